The van der Waals surface area contributed by atoms with Crippen molar-refractivity contribution < 1.29 is 11.5 Å². The molecule has 70 valence electrons. The van der Waals surface area contributed by atoms with Crippen molar-refractivity contribution in [3.63, 3.8) is 0 Å². The first-order valence-electron chi connectivity index (χ1n) is 5.39. The average Bonchev–Trinajstić information content (AvgIpc) is 2.08. The van der Waals surface area contributed by atoms with Gasteiger partial charge >= 0.3 is 0 Å². The molecule has 1 aliphatic carbocycles. The number of hydrogen-bond acceptors (Lipinski definition) is 0. The summed E-state index contributed by atoms with van der Waals surface area (Å²) in [5, 5.41) is 0. The fourth-order valence-corrected chi connectivity index (χ4v) is 1.68. The summed E-state index contributed by atoms with van der Waals surface area (Å²) in [7, 11) is 0. The van der Waals surface area contributed by atoms with E-state index >= 15 is 0 Å². The fourth-order valence-electron chi connectivity index (χ4n) is 1.68. The van der Waals surface area contributed by atoms with E-state index in [9.17, 15) is 8.78 Å². The van der Waals surface area contributed by atoms with Gasteiger partial charge in [-0.15, -0.1) is 0 Å². The zero-order chi connectivity index (χ0) is 11.2. The van der Waals surface area contributed by atoms with Gasteiger partial charge in [0.2, 0.25) is 0 Å². The van der Waals surface area contributed by atoms with E-state index in [-0.39, 0.29) is 17.9 Å². The predicted molar refractivity (Wildman–Crippen MR) is 47.5 cm³/mol. The molecule has 0 nitrogen and oxygen atoms in total. The van der Waals surface area contributed by atoms with E-state index in [0.717, 1.165) is 6.07 Å². The predicted octanol–water partition coefficient (Wildman–Crippen LogP) is 3.09. The van der Waals surface area contributed by atoms with Gasteiger partial charge in [-0.1, -0.05) is 13.0 Å². The monoisotopic (exact) mass is 184 g/mol. The zero-order valence-corrected chi connectivity index (χ0v) is 7.40. The standard InChI is InChI=1S/C11H12F2/c1-7-2-4-9-8(6-7)3-5-10(12)11(9)13/h3,5,7H,2,4,6H2,1H3/i4D2. The minimum absolute atomic E-state index is 0.0828. The maximum absolute atomic E-state index is 13.5. The van der Waals surface area contributed by atoms with Gasteiger partial charge in [0.25, 0.3) is 0 Å². The van der Waals surface area contributed by atoms with Gasteiger partial charge in [-0.3, -0.25) is 0 Å². The molecule has 0 spiro atoms. The summed E-state index contributed by atoms with van der Waals surface area (Å²) in [5.74, 6) is -1.83. The second-order valence-electron chi connectivity index (χ2n) is 3.59. The number of fused-ring (bicyclic) bond motifs is 1. The number of benzene rings is 1. The Kier molecular flexibility index (Phi) is 1.55. The molecule has 0 heterocycles. The van der Waals surface area contributed by atoms with Crippen molar-refractivity contribution >= 4 is 0 Å². The van der Waals surface area contributed by atoms with Crippen LogP contribution in [0.2, 0.25) is 0 Å². The summed E-state index contributed by atoms with van der Waals surface area (Å²) in [6.07, 6.45) is -0.883. The molecular weight excluding hydrogens is 170 g/mol. The molecule has 1 aromatic rings. The molecule has 13 heavy (non-hydrogen) atoms. The minimum atomic E-state index is -1.75. The van der Waals surface area contributed by atoms with Crippen molar-refractivity contribution in [2.75, 3.05) is 0 Å². The molecule has 0 bridgehead atoms. The molecule has 1 unspecified atom stereocenters. The van der Waals surface area contributed by atoms with Crippen LogP contribution in [0.4, 0.5) is 8.78 Å². The van der Waals surface area contributed by atoms with Gasteiger partial charge in [-0.25, -0.2) is 8.78 Å². The molecule has 1 aliphatic rings. The maximum atomic E-state index is 13.5. The van der Waals surface area contributed by atoms with Crippen LogP contribution in [-0.4, -0.2) is 0 Å². The Hall–Kier alpha value is -0.920. The van der Waals surface area contributed by atoms with Crippen LogP contribution >= 0.6 is 0 Å². The third-order valence-electron chi connectivity index (χ3n) is 2.38. The summed E-state index contributed by atoms with van der Waals surface area (Å²) in [6.45, 7) is 1.92. The SMILES string of the molecule is [2H]C1([2H])CC(C)Cc2ccc(F)c(F)c21. The first-order chi connectivity index (χ1) is 6.92. The molecule has 0 saturated heterocycles. The van der Waals surface area contributed by atoms with Crippen molar-refractivity contribution in [3.05, 3.63) is 34.9 Å². The van der Waals surface area contributed by atoms with Gasteiger partial charge in [0, 0.05) is 2.74 Å². The average molecular weight is 184 g/mol. The van der Waals surface area contributed by atoms with E-state index < -0.39 is 18.0 Å². The fraction of sp³-hybridized carbons (Fsp3) is 0.455. The Morgan fingerprint density at radius 3 is 3.00 bits per heavy atom. The molecule has 1 atom stereocenters. The molecule has 0 radical (unpaired) electrons. The van der Waals surface area contributed by atoms with Crippen molar-refractivity contribution in [1.29, 1.82) is 0 Å². The van der Waals surface area contributed by atoms with Crippen LogP contribution in [-0.2, 0) is 12.8 Å². The highest BCUT2D eigenvalue weighted by molar-refractivity contribution is 5.31. The number of hydrogen-bond donors (Lipinski definition) is 0. The van der Waals surface area contributed by atoms with E-state index in [1.165, 1.54) is 6.07 Å². The van der Waals surface area contributed by atoms with Crippen LogP contribution in [0, 0.1) is 17.6 Å². The molecule has 1 aromatic carbocycles. The van der Waals surface area contributed by atoms with Crippen LogP contribution in [0.25, 0.3) is 0 Å². The largest absolute Gasteiger partial charge is 0.204 e. The Bertz CT molecular complexity index is 402. The third-order valence-corrected chi connectivity index (χ3v) is 2.38. The van der Waals surface area contributed by atoms with Gasteiger partial charge < -0.3 is 0 Å². The normalized spacial score (nSPS) is 27.5. The molecule has 2 heteroatoms. The van der Waals surface area contributed by atoms with Crippen molar-refractivity contribution in [1.82, 2.24) is 0 Å². The highest BCUT2D eigenvalue weighted by atomic mass is 19.2. The molecule has 0 amide bonds. The van der Waals surface area contributed by atoms with E-state index in [1.807, 2.05) is 6.92 Å². The topological polar surface area (TPSA) is 0 Å². The van der Waals surface area contributed by atoms with Gasteiger partial charge in [0.1, 0.15) is 0 Å². The summed E-state index contributed by atoms with van der Waals surface area (Å²) >= 11 is 0. The summed E-state index contributed by atoms with van der Waals surface area (Å²) in [6, 6.07) is 2.56. The van der Waals surface area contributed by atoms with Crippen LogP contribution in [0.15, 0.2) is 12.1 Å². The first kappa shape index (κ1) is 6.52. The van der Waals surface area contributed by atoms with Crippen molar-refractivity contribution in [3.8, 4) is 0 Å². The van der Waals surface area contributed by atoms with E-state index in [2.05, 4.69) is 0 Å². The Morgan fingerprint density at radius 1 is 1.46 bits per heavy atom. The highest BCUT2D eigenvalue weighted by Gasteiger charge is 2.19. The van der Waals surface area contributed by atoms with Gasteiger partial charge in [0.05, 0.1) is 0 Å². The Labute approximate surface area is 79.4 Å². The lowest BCUT2D eigenvalue weighted by Crippen LogP contribution is -2.13. The molecular formula is C11H12F2. The van der Waals surface area contributed by atoms with Gasteiger partial charge in [0.15, 0.2) is 11.6 Å². The van der Waals surface area contributed by atoms with Crippen molar-refractivity contribution in [2.24, 2.45) is 5.92 Å². The lowest BCUT2D eigenvalue weighted by molar-refractivity contribution is 0.454. The second-order valence-corrected chi connectivity index (χ2v) is 3.59. The van der Waals surface area contributed by atoms with Crippen LogP contribution in [0.3, 0.4) is 0 Å². The van der Waals surface area contributed by atoms with E-state index in [4.69, 9.17) is 2.74 Å². The third kappa shape index (κ3) is 1.45. The zero-order valence-electron chi connectivity index (χ0n) is 9.40. The van der Waals surface area contributed by atoms with Crippen LogP contribution in [0.5, 0.6) is 0 Å². The van der Waals surface area contributed by atoms with E-state index in [0.29, 0.717) is 12.0 Å². The second kappa shape index (κ2) is 3.09. The molecule has 2 rings (SSSR count). The first-order valence-corrected chi connectivity index (χ1v) is 4.39. The van der Waals surface area contributed by atoms with Gasteiger partial charge in [-0.05, 0) is 42.3 Å². The molecule has 0 aliphatic heterocycles. The quantitative estimate of drug-likeness (QED) is 0.581. The van der Waals surface area contributed by atoms with Crippen LogP contribution < -0.4 is 0 Å². The molecule has 0 aromatic heterocycles. The summed E-state index contributed by atoms with van der Waals surface area (Å²) in [4.78, 5) is 0. The Balaban J connectivity index is 2.63. The summed E-state index contributed by atoms with van der Waals surface area (Å²) in [5.41, 5.74) is 0.512. The van der Waals surface area contributed by atoms with Gasteiger partial charge in [-0.2, -0.15) is 0 Å². The van der Waals surface area contributed by atoms with Crippen LogP contribution in [0.1, 0.15) is 27.2 Å². The Morgan fingerprint density at radius 2 is 2.23 bits per heavy atom. The maximum Gasteiger partial charge on any atom is 0.162 e. The number of halogens is 2. The molecule has 0 saturated carbocycles. The molecule has 0 N–H and O–H groups in total. The molecule has 0 fully saturated rings. The number of rotatable bonds is 0. The lowest BCUT2D eigenvalue weighted by atomic mass is 9.85. The summed E-state index contributed by atoms with van der Waals surface area (Å²) < 4.78 is 42.0. The van der Waals surface area contributed by atoms with Crippen molar-refractivity contribution in [2.45, 2.75) is 26.1 Å². The highest BCUT2D eigenvalue weighted by Crippen LogP contribution is 2.28. The minimum Gasteiger partial charge on any atom is -0.204 e. The lowest BCUT2D eigenvalue weighted by Gasteiger charge is -2.21. The van der Waals surface area contributed by atoms with E-state index in [1.54, 1.807) is 0 Å². The smallest absolute Gasteiger partial charge is 0.162 e.